The van der Waals surface area contributed by atoms with Crippen LogP contribution in [0.2, 0.25) is 0 Å². The molecule has 0 aliphatic carbocycles. The van der Waals surface area contributed by atoms with Gasteiger partial charge in [-0.3, -0.25) is 0 Å². The Balaban J connectivity index is 2.80. The quantitative estimate of drug-likeness (QED) is 0.403. The predicted molar refractivity (Wildman–Crippen MR) is 31.2 cm³/mol. The van der Waals surface area contributed by atoms with E-state index in [4.69, 9.17) is 0 Å². The van der Waals surface area contributed by atoms with Crippen molar-refractivity contribution in [1.29, 1.82) is 0 Å². The topological polar surface area (TPSA) is 31.2 Å². The molecule has 39 valence electrons. The van der Waals surface area contributed by atoms with Crippen molar-refractivity contribution in [1.82, 2.24) is 4.99 Å². The summed E-state index contributed by atoms with van der Waals surface area (Å²) in [5, 5.41) is 0. The highest BCUT2D eigenvalue weighted by molar-refractivity contribution is 5.89. The van der Waals surface area contributed by atoms with Crippen molar-refractivity contribution >= 4 is 12.2 Å². The lowest BCUT2D eigenvalue weighted by molar-refractivity contribution is 0.567. The van der Waals surface area contributed by atoms with Gasteiger partial charge in [-0.15, -0.1) is 0 Å². The molecular formula is C6H5NO+. The van der Waals surface area contributed by atoms with E-state index in [1.54, 1.807) is 12.1 Å². The highest BCUT2D eigenvalue weighted by Gasteiger charge is 2.01. The lowest BCUT2D eigenvalue weighted by atomic mass is 10.2. The normalized spacial score (nSPS) is 16.2. The molecule has 0 N–H and O–H groups in total. The third kappa shape index (κ3) is 0.922. The molecule has 1 rings (SSSR count). The van der Waals surface area contributed by atoms with Gasteiger partial charge in [0.15, 0.2) is 0 Å². The van der Waals surface area contributed by atoms with Crippen molar-refractivity contribution in [3.8, 4) is 0 Å². The van der Waals surface area contributed by atoms with E-state index in [-0.39, 0.29) is 0 Å². The highest BCUT2D eigenvalue weighted by Crippen LogP contribution is 1.95. The fraction of sp³-hybridized carbons (Fsp3) is 0.167. The van der Waals surface area contributed by atoms with Crippen LogP contribution in [0, 0.1) is 0 Å². The molecule has 0 atom stereocenters. The molecule has 1 aliphatic rings. The Morgan fingerprint density at radius 3 is 3.00 bits per heavy atom. The molecule has 0 spiro atoms. The minimum Gasteiger partial charge on any atom is -0.233 e. The Bertz CT molecular complexity index is 185. The largest absolute Gasteiger partial charge is 0.256 e. The van der Waals surface area contributed by atoms with Crippen molar-refractivity contribution in [2.45, 2.75) is 6.42 Å². The van der Waals surface area contributed by atoms with Crippen LogP contribution < -0.4 is 4.99 Å². The van der Waals surface area contributed by atoms with Crippen LogP contribution in [0.25, 0.3) is 0 Å². The van der Waals surface area contributed by atoms with Gasteiger partial charge in [0.05, 0.1) is 4.99 Å². The second kappa shape index (κ2) is 2.24. The molecule has 0 bridgehead atoms. The summed E-state index contributed by atoms with van der Waals surface area (Å²) in [4.78, 5) is 13.6. The monoisotopic (exact) mass is 107 g/mol. The van der Waals surface area contributed by atoms with Crippen LogP contribution in [0.5, 0.6) is 0 Å². The number of hydrogen-bond donors (Lipinski definition) is 0. The van der Waals surface area contributed by atoms with Crippen LogP contribution in [0.3, 0.4) is 0 Å². The fourth-order valence-electron chi connectivity index (χ4n) is 0.494. The number of rotatable bonds is 0. The molecule has 0 aromatic carbocycles. The number of carbonyl (C=O) groups excluding carboxylic acids is 1. The van der Waals surface area contributed by atoms with Gasteiger partial charge in [-0.05, 0) is 6.08 Å². The highest BCUT2D eigenvalue weighted by atomic mass is 16.1. The van der Waals surface area contributed by atoms with E-state index >= 15 is 0 Å². The third-order valence-corrected chi connectivity index (χ3v) is 0.891. The molecule has 0 saturated heterocycles. The van der Waals surface area contributed by atoms with Gasteiger partial charge in [0, 0.05) is 6.42 Å². The summed E-state index contributed by atoms with van der Waals surface area (Å²) in [6.45, 7) is 0. The smallest absolute Gasteiger partial charge is 0.233 e. The molecule has 1 aliphatic heterocycles. The van der Waals surface area contributed by atoms with Crippen LogP contribution in [-0.2, 0) is 4.79 Å². The molecule has 1 heterocycles. The maximum absolute atomic E-state index is 9.87. The molecule has 2 heteroatoms. The van der Waals surface area contributed by atoms with E-state index in [0.717, 1.165) is 0 Å². The summed E-state index contributed by atoms with van der Waals surface area (Å²) in [7, 11) is 0. The Labute approximate surface area is 47.2 Å². The molecular weight excluding hydrogens is 102 g/mol. The van der Waals surface area contributed by atoms with Crippen LogP contribution in [-0.4, -0.2) is 12.2 Å². The minimum absolute atomic E-state index is 0.618. The van der Waals surface area contributed by atoms with Crippen LogP contribution >= 0.6 is 0 Å². The average Bonchev–Trinajstić information content (AvgIpc) is 1.90. The van der Waals surface area contributed by atoms with Gasteiger partial charge in [0.2, 0.25) is 6.20 Å². The lowest BCUT2D eigenvalue weighted by Crippen LogP contribution is -1.94. The summed E-state index contributed by atoms with van der Waals surface area (Å²) in [5.41, 5.74) is 0.618. The number of aliphatic imine (C=N–C) groups is 1. The summed E-state index contributed by atoms with van der Waals surface area (Å²) in [6, 6.07) is 0. The van der Waals surface area contributed by atoms with E-state index in [0.29, 0.717) is 12.0 Å². The SMILES string of the molecule is O=C=C1C=[N+]C=CC1. The zero-order valence-electron chi connectivity index (χ0n) is 4.29. The zero-order chi connectivity index (χ0) is 5.82. The van der Waals surface area contributed by atoms with Gasteiger partial charge >= 0.3 is 0 Å². The molecule has 1 radical (unpaired) electrons. The molecule has 8 heavy (non-hydrogen) atoms. The first-order chi connectivity index (χ1) is 3.93. The van der Waals surface area contributed by atoms with Crippen LogP contribution in [0.15, 0.2) is 17.8 Å². The Morgan fingerprint density at radius 1 is 1.75 bits per heavy atom. The van der Waals surface area contributed by atoms with Crippen molar-refractivity contribution < 1.29 is 4.79 Å². The zero-order valence-corrected chi connectivity index (χ0v) is 4.29. The summed E-state index contributed by atoms with van der Waals surface area (Å²) >= 11 is 0. The van der Waals surface area contributed by atoms with Gasteiger partial charge in [0.1, 0.15) is 11.5 Å². The molecule has 0 amide bonds. The van der Waals surface area contributed by atoms with Gasteiger partial charge in [0.25, 0.3) is 6.21 Å². The lowest BCUT2D eigenvalue weighted by Gasteiger charge is -1.81. The van der Waals surface area contributed by atoms with Crippen molar-refractivity contribution in [2.24, 2.45) is 0 Å². The fourth-order valence-corrected chi connectivity index (χ4v) is 0.494. The predicted octanol–water partition coefficient (Wildman–Crippen LogP) is 0.0684. The van der Waals surface area contributed by atoms with Crippen molar-refractivity contribution in [2.75, 3.05) is 0 Å². The van der Waals surface area contributed by atoms with Gasteiger partial charge < -0.3 is 0 Å². The van der Waals surface area contributed by atoms with E-state index in [2.05, 4.69) is 4.99 Å². The first kappa shape index (κ1) is 5.01. The molecule has 0 unspecified atom stereocenters. The molecule has 0 aromatic heterocycles. The van der Waals surface area contributed by atoms with Crippen molar-refractivity contribution in [3.05, 3.63) is 17.8 Å². The minimum atomic E-state index is 0.618. The second-order valence-electron chi connectivity index (χ2n) is 1.49. The molecule has 0 fully saturated rings. The molecule has 0 aromatic rings. The van der Waals surface area contributed by atoms with E-state index in [9.17, 15) is 4.79 Å². The number of allylic oxidation sites excluding steroid dienone is 2. The van der Waals surface area contributed by atoms with E-state index < -0.39 is 0 Å². The van der Waals surface area contributed by atoms with Crippen LogP contribution in [0.1, 0.15) is 6.42 Å². The maximum atomic E-state index is 9.87. The molecule has 0 saturated carbocycles. The second-order valence-corrected chi connectivity index (χ2v) is 1.49. The summed E-state index contributed by atoms with van der Waals surface area (Å²) < 4.78 is 0. The number of hydrogen-bond acceptors (Lipinski definition) is 2. The third-order valence-electron chi connectivity index (χ3n) is 0.891. The van der Waals surface area contributed by atoms with Gasteiger partial charge in [-0.25, -0.2) is 4.79 Å². The van der Waals surface area contributed by atoms with Gasteiger partial charge in [-0.1, -0.05) is 0 Å². The summed E-state index contributed by atoms with van der Waals surface area (Å²) in [6.07, 6.45) is 5.68. The number of nitrogens with zero attached hydrogens (tertiary/aromatic N) is 1. The van der Waals surface area contributed by atoms with Gasteiger partial charge in [-0.2, -0.15) is 0 Å². The Morgan fingerprint density at radius 2 is 2.62 bits per heavy atom. The average molecular weight is 107 g/mol. The Hall–Kier alpha value is -1.14. The maximum Gasteiger partial charge on any atom is 0.256 e. The van der Waals surface area contributed by atoms with Crippen molar-refractivity contribution in [3.63, 3.8) is 0 Å². The standard InChI is InChI=1S/C6H5NO/c8-5-6-2-1-3-7-4-6/h1,3-4H,2H2/q+1. The van der Waals surface area contributed by atoms with Crippen LogP contribution in [0.4, 0.5) is 0 Å². The first-order valence-electron chi connectivity index (χ1n) is 2.35. The Kier molecular flexibility index (Phi) is 1.40. The molecule has 2 nitrogen and oxygen atoms in total. The van der Waals surface area contributed by atoms with E-state index in [1.165, 1.54) is 6.21 Å². The van der Waals surface area contributed by atoms with E-state index in [1.807, 2.05) is 6.08 Å². The summed E-state index contributed by atoms with van der Waals surface area (Å²) in [5.74, 6) is 1.77. The first-order valence-corrected chi connectivity index (χ1v) is 2.35.